The van der Waals surface area contributed by atoms with Gasteiger partial charge < -0.3 is 15.0 Å². The Balaban J connectivity index is 2.29. The third-order valence-corrected chi connectivity index (χ3v) is 3.57. The first-order chi connectivity index (χ1) is 9.40. The van der Waals surface area contributed by atoms with Crippen molar-refractivity contribution in [3.8, 4) is 0 Å². The Morgan fingerprint density at radius 1 is 1.20 bits per heavy atom. The van der Waals surface area contributed by atoms with Gasteiger partial charge in [0.1, 0.15) is 0 Å². The van der Waals surface area contributed by atoms with Gasteiger partial charge in [-0.1, -0.05) is 13.8 Å². The van der Waals surface area contributed by atoms with Gasteiger partial charge >= 0.3 is 0 Å². The van der Waals surface area contributed by atoms with E-state index in [0.29, 0.717) is 32.2 Å². The lowest BCUT2D eigenvalue weighted by molar-refractivity contribution is -0.136. The molecule has 0 bridgehead atoms. The highest BCUT2D eigenvalue weighted by molar-refractivity contribution is 5.81. The molecule has 20 heavy (non-hydrogen) atoms. The lowest BCUT2D eigenvalue weighted by atomic mass is 10.1. The van der Waals surface area contributed by atoms with Gasteiger partial charge in [0.15, 0.2) is 0 Å². The van der Waals surface area contributed by atoms with Crippen LogP contribution in [0.2, 0.25) is 0 Å². The van der Waals surface area contributed by atoms with Gasteiger partial charge in [-0.3, -0.25) is 14.5 Å². The van der Waals surface area contributed by atoms with Crippen molar-refractivity contribution in [1.29, 1.82) is 0 Å². The van der Waals surface area contributed by atoms with E-state index in [-0.39, 0.29) is 30.9 Å². The van der Waals surface area contributed by atoms with E-state index in [2.05, 4.69) is 19.2 Å². The molecule has 1 heterocycles. The van der Waals surface area contributed by atoms with Crippen molar-refractivity contribution in [3.63, 3.8) is 0 Å². The number of likely N-dealkylation sites (N-methyl/N-ethyl adjacent to an activating group) is 1. The molecule has 0 saturated carbocycles. The predicted octanol–water partition coefficient (Wildman–Crippen LogP) is -0.0623. The smallest absolute Gasteiger partial charge is 0.236 e. The van der Waals surface area contributed by atoms with Crippen LogP contribution in [0.25, 0.3) is 0 Å². The maximum absolute atomic E-state index is 12.0. The van der Waals surface area contributed by atoms with Gasteiger partial charge in [-0.2, -0.15) is 0 Å². The zero-order chi connectivity index (χ0) is 15.1. The molecule has 1 atom stereocenters. The number of amides is 2. The van der Waals surface area contributed by atoms with Crippen molar-refractivity contribution >= 4 is 11.8 Å². The molecule has 1 aliphatic heterocycles. The Kier molecular flexibility index (Phi) is 6.95. The van der Waals surface area contributed by atoms with Crippen LogP contribution in [-0.4, -0.2) is 74.1 Å². The van der Waals surface area contributed by atoms with Crippen molar-refractivity contribution in [2.75, 3.05) is 46.4 Å². The molecule has 1 rings (SSSR count). The van der Waals surface area contributed by atoms with Crippen LogP contribution in [0.4, 0.5) is 0 Å². The van der Waals surface area contributed by atoms with E-state index in [1.165, 1.54) is 0 Å². The lowest BCUT2D eigenvalue weighted by Gasteiger charge is -2.28. The summed E-state index contributed by atoms with van der Waals surface area (Å²) in [5.41, 5.74) is 0. The molecule has 0 spiro atoms. The van der Waals surface area contributed by atoms with E-state index in [0.717, 1.165) is 0 Å². The largest absolute Gasteiger partial charge is 0.378 e. The fraction of sp³-hybridized carbons (Fsp3) is 0.857. The quantitative estimate of drug-likeness (QED) is 0.742. The standard InChI is InChI=1S/C14H27N3O3/c1-11(2)12(3)15-13(18)9-16(4)10-14(19)17-5-7-20-8-6-17/h11-12H,5-10H2,1-4H3,(H,15,18). The highest BCUT2D eigenvalue weighted by atomic mass is 16.5. The van der Waals surface area contributed by atoms with Crippen LogP contribution in [-0.2, 0) is 14.3 Å². The Morgan fingerprint density at radius 3 is 2.35 bits per heavy atom. The normalized spacial score (nSPS) is 17.4. The number of hydrogen-bond donors (Lipinski definition) is 1. The zero-order valence-electron chi connectivity index (χ0n) is 13.0. The predicted molar refractivity (Wildman–Crippen MR) is 77.3 cm³/mol. The molecule has 2 amide bonds. The van der Waals surface area contributed by atoms with Crippen molar-refractivity contribution in [3.05, 3.63) is 0 Å². The summed E-state index contributed by atoms with van der Waals surface area (Å²) in [6.45, 7) is 9.11. The van der Waals surface area contributed by atoms with Gasteiger partial charge in [-0.25, -0.2) is 0 Å². The molecule has 1 unspecified atom stereocenters. The molecule has 116 valence electrons. The average molecular weight is 285 g/mol. The molecule has 1 fully saturated rings. The van der Waals surface area contributed by atoms with E-state index in [9.17, 15) is 9.59 Å². The zero-order valence-corrected chi connectivity index (χ0v) is 13.0. The first-order valence-electron chi connectivity index (χ1n) is 7.23. The summed E-state index contributed by atoms with van der Waals surface area (Å²) in [4.78, 5) is 27.4. The van der Waals surface area contributed by atoms with Crippen LogP contribution >= 0.6 is 0 Å². The Hall–Kier alpha value is -1.14. The molecule has 1 saturated heterocycles. The van der Waals surface area contributed by atoms with Gasteiger partial charge in [-0.05, 0) is 19.9 Å². The first kappa shape index (κ1) is 16.9. The second kappa shape index (κ2) is 8.21. The second-order valence-corrected chi connectivity index (χ2v) is 5.77. The van der Waals surface area contributed by atoms with Crippen molar-refractivity contribution < 1.29 is 14.3 Å². The Labute approximate surface area is 121 Å². The summed E-state index contributed by atoms with van der Waals surface area (Å²) in [6.07, 6.45) is 0. The van der Waals surface area contributed by atoms with Gasteiger partial charge in [0.25, 0.3) is 0 Å². The van der Waals surface area contributed by atoms with Gasteiger partial charge in [-0.15, -0.1) is 0 Å². The minimum absolute atomic E-state index is 0.0384. The molecular weight excluding hydrogens is 258 g/mol. The van der Waals surface area contributed by atoms with Crippen LogP contribution < -0.4 is 5.32 Å². The molecule has 1 N–H and O–H groups in total. The summed E-state index contributed by atoms with van der Waals surface area (Å²) in [6, 6.07) is 0.144. The van der Waals surface area contributed by atoms with E-state index < -0.39 is 0 Å². The number of hydrogen-bond acceptors (Lipinski definition) is 4. The molecule has 0 aliphatic carbocycles. The lowest BCUT2D eigenvalue weighted by Crippen LogP contribution is -2.47. The number of carbonyl (C=O) groups is 2. The second-order valence-electron chi connectivity index (χ2n) is 5.77. The minimum Gasteiger partial charge on any atom is -0.378 e. The van der Waals surface area contributed by atoms with Crippen LogP contribution in [0.15, 0.2) is 0 Å². The maximum Gasteiger partial charge on any atom is 0.236 e. The van der Waals surface area contributed by atoms with Gasteiger partial charge in [0, 0.05) is 19.1 Å². The molecule has 6 heteroatoms. The Bertz CT molecular complexity index is 328. The SMILES string of the molecule is CC(C)C(C)NC(=O)CN(C)CC(=O)N1CCOCC1. The number of rotatable bonds is 6. The third kappa shape index (κ3) is 5.88. The summed E-state index contributed by atoms with van der Waals surface area (Å²) < 4.78 is 5.21. The van der Waals surface area contributed by atoms with E-state index >= 15 is 0 Å². The topological polar surface area (TPSA) is 61.9 Å². The summed E-state index contributed by atoms with van der Waals surface area (Å²) in [5, 5.41) is 2.94. The van der Waals surface area contributed by atoms with Crippen LogP contribution in [0.5, 0.6) is 0 Å². The summed E-state index contributed by atoms with van der Waals surface area (Å²) in [7, 11) is 1.79. The minimum atomic E-state index is -0.0384. The number of nitrogens with zero attached hydrogens (tertiary/aromatic N) is 2. The van der Waals surface area contributed by atoms with Gasteiger partial charge in [0.2, 0.25) is 11.8 Å². The van der Waals surface area contributed by atoms with Crippen molar-refractivity contribution in [2.45, 2.75) is 26.8 Å². The van der Waals surface area contributed by atoms with Crippen molar-refractivity contribution in [1.82, 2.24) is 15.1 Å². The molecule has 6 nitrogen and oxygen atoms in total. The average Bonchev–Trinajstić information content (AvgIpc) is 2.39. The fourth-order valence-corrected chi connectivity index (χ4v) is 1.91. The third-order valence-electron chi connectivity index (χ3n) is 3.57. The van der Waals surface area contributed by atoms with Crippen LogP contribution in [0, 0.1) is 5.92 Å². The summed E-state index contributed by atoms with van der Waals surface area (Å²) in [5.74, 6) is 0.420. The molecule has 0 aromatic heterocycles. The molecule has 0 aromatic carbocycles. The molecule has 1 aliphatic rings. The van der Waals surface area contributed by atoms with E-state index in [1.807, 2.05) is 6.92 Å². The number of carbonyl (C=O) groups excluding carboxylic acids is 2. The Morgan fingerprint density at radius 2 is 1.80 bits per heavy atom. The molecule has 0 aromatic rings. The van der Waals surface area contributed by atoms with E-state index in [1.54, 1.807) is 16.8 Å². The number of ether oxygens (including phenoxy) is 1. The fourth-order valence-electron chi connectivity index (χ4n) is 1.91. The van der Waals surface area contributed by atoms with Crippen LogP contribution in [0.3, 0.4) is 0 Å². The summed E-state index contributed by atoms with van der Waals surface area (Å²) >= 11 is 0. The van der Waals surface area contributed by atoms with Crippen molar-refractivity contribution in [2.24, 2.45) is 5.92 Å². The number of morpholine rings is 1. The highest BCUT2D eigenvalue weighted by Gasteiger charge is 2.19. The monoisotopic (exact) mass is 285 g/mol. The van der Waals surface area contributed by atoms with Gasteiger partial charge in [0.05, 0.1) is 26.3 Å². The maximum atomic E-state index is 12.0. The first-order valence-corrected chi connectivity index (χ1v) is 7.23. The van der Waals surface area contributed by atoms with Crippen LogP contribution in [0.1, 0.15) is 20.8 Å². The number of nitrogens with one attached hydrogen (secondary N) is 1. The highest BCUT2D eigenvalue weighted by Crippen LogP contribution is 2.01. The molecular formula is C14H27N3O3. The van der Waals surface area contributed by atoms with E-state index in [4.69, 9.17) is 4.74 Å². The molecule has 0 radical (unpaired) electrons.